The minimum absolute atomic E-state index is 0.0671. The molecule has 1 aliphatic carbocycles. The molecule has 24 heavy (non-hydrogen) atoms. The minimum Gasteiger partial charge on any atom is -0.334 e. The number of nitriles is 1. The maximum absolute atomic E-state index is 13.8. The van der Waals surface area contributed by atoms with Crippen LogP contribution in [0.1, 0.15) is 39.9 Å². The molecule has 1 saturated carbocycles. The quantitative estimate of drug-likeness (QED) is 0.872. The smallest absolute Gasteiger partial charge is 0.315 e. The fourth-order valence-electron chi connectivity index (χ4n) is 2.45. The summed E-state index contributed by atoms with van der Waals surface area (Å²) >= 11 is 1.58. The number of nitrogens with one attached hydrogen (secondary N) is 2. The predicted octanol–water partition coefficient (Wildman–Crippen LogP) is 3.41. The Kier molecular flexibility index (Phi) is 4.76. The summed E-state index contributed by atoms with van der Waals surface area (Å²) in [6, 6.07) is 5.66. The number of aryl methyl sites for hydroxylation is 1. The number of benzene rings is 1. The highest BCUT2D eigenvalue weighted by molar-refractivity contribution is 7.11. The van der Waals surface area contributed by atoms with E-state index < -0.39 is 5.82 Å². The van der Waals surface area contributed by atoms with Gasteiger partial charge in [0.15, 0.2) is 0 Å². The molecular weight excluding hydrogens is 327 g/mol. The Balaban J connectivity index is 1.59. The van der Waals surface area contributed by atoms with E-state index in [-0.39, 0.29) is 24.2 Å². The van der Waals surface area contributed by atoms with Crippen LogP contribution in [0.2, 0.25) is 0 Å². The summed E-state index contributed by atoms with van der Waals surface area (Å²) in [7, 11) is 0. The number of hydrogen-bond acceptors (Lipinski definition) is 4. The molecule has 1 heterocycles. The van der Waals surface area contributed by atoms with Gasteiger partial charge < -0.3 is 10.6 Å². The zero-order valence-electron chi connectivity index (χ0n) is 13.2. The molecule has 1 aromatic heterocycles. The third kappa shape index (κ3) is 3.89. The first-order valence-electron chi connectivity index (χ1n) is 7.72. The van der Waals surface area contributed by atoms with Crippen LogP contribution >= 0.6 is 11.3 Å². The molecule has 1 atom stereocenters. The van der Waals surface area contributed by atoms with Crippen LogP contribution in [-0.4, -0.2) is 11.0 Å². The maximum Gasteiger partial charge on any atom is 0.315 e. The number of carbonyl (C=O) groups excluding carboxylic acids is 1. The van der Waals surface area contributed by atoms with E-state index in [0.717, 1.165) is 22.7 Å². The van der Waals surface area contributed by atoms with Gasteiger partial charge in [0.25, 0.3) is 0 Å². The van der Waals surface area contributed by atoms with Crippen LogP contribution in [0.4, 0.5) is 9.18 Å². The normalized spacial score (nSPS) is 14.7. The SMILES string of the molecule is Cc1cnc(C(NC(=O)NCc2ccc(C#N)cc2F)C2CC2)s1. The van der Waals surface area contributed by atoms with Crippen molar-refractivity contribution in [3.8, 4) is 6.07 Å². The van der Waals surface area contributed by atoms with Gasteiger partial charge in [0.1, 0.15) is 10.8 Å². The van der Waals surface area contributed by atoms with Crippen LogP contribution in [0.3, 0.4) is 0 Å². The van der Waals surface area contributed by atoms with Crippen molar-refractivity contribution < 1.29 is 9.18 Å². The lowest BCUT2D eigenvalue weighted by molar-refractivity contribution is 0.235. The molecule has 124 valence electrons. The van der Waals surface area contributed by atoms with Crippen LogP contribution in [0, 0.1) is 30.0 Å². The lowest BCUT2D eigenvalue weighted by atomic mass is 10.1. The van der Waals surface area contributed by atoms with E-state index in [9.17, 15) is 9.18 Å². The molecule has 3 rings (SSSR count). The zero-order valence-corrected chi connectivity index (χ0v) is 14.0. The number of hydrogen-bond donors (Lipinski definition) is 2. The highest BCUT2D eigenvalue weighted by Crippen LogP contribution is 2.41. The molecule has 0 aliphatic heterocycles. The topological polar surface area (TPSA) is 77.8 Å². The number of aromatic nitrogens is 1. The van der Waals surface area contributed by atoms with E-state index in [1.54, 1.807) is 17.5 Å². The molecule has 7 heteroatoms. The van der Waals surface area contributed by atoms with Crippen molar-refractivity contribution in [2.75, 3.05) is 0 Å². The number of carbonyl (C=O) groups is 1. The second-order valence-electron chi connectivity index (χ2n) is 5.87. The second-order valence-corrected chi connectivity index (χ2v) is 7.14. The average Bonchev–Trinajstić information content (AvgIpc) is 3.32. The van der Waals surface area contributed by atoms with Gasteiger partial charge in [-0.25, -0.2) is 14.2 Å². The molecule has 0 spiro atoms. The molecule has 0 bridgehead atoms. The Labute approximate surface area is 143 Å². The van der Waals surface area contributed by atoms with Crippen LogP contribution < -0.4 is 10.6 Å². The highest BCUT2D eigenvalue weighted by atomic mass is 32.1. The number of thiazole rings is 1. The first-order valence-corrected chi connectivity index (χ1v) is 8.53. The van der Waals surface area contributed by atoms with E-state index in [1.807, 2.05) is 13.0 Å². The first-order chi connectivity index (χ1) is 11.6. The summed E-state index contributed by atoms with van der Waals surface area (Å²) in [4.78, 5) is 17.6. The molecule has 2 N–H and O–H groups in total. The Morgan fingerprint density at radius 1 is 1.54 bits per heavy atom. The Hall–Kier alpha value is -2.46. The zero-order chi connectivity index (χ0) is 17.1. The van der Waals surface area contributed by atoms with Crippen LogP contribution in [0.5, 0.6) is 0 Å². The number of nitrogens with zero attached hydrogens (tertiary/aromatic N) is 2. The molecule has 0 radical (unpaired) electrons. The minimum atomic E-state index is -0.497. The van der Waals surface area contributed by atoms with Crippen LogP contribution in [0.15, 0.2) is 24.4 Å². The van der Waals surface area contributed by atoms with Gasteiger partial charge in [0.05, 0.1) is 17.7 Å². The highest BCUT2D eigenvalue weighted by Gasteiger charge is 2.35. The summed E-state index contributed by atoms with van der Waals surface area (Å²) in [5.41, 5.74) is 0.603. The van der Waals surface area contributed by atoms with Crippen LogP contribution in [-0.2, 0) is 6.54 Å². The number of halogens is 1. The Morgan fingerprint density at radius 3 is 2.92 bits per heavy atom. The van der Waals surface area contributed by atoms with Crippen molar-refractivity contribution in [2.24, 2.45) is 5.92 Å². The predicted molar refractivity (Wildman–Crippen MR) is 88.8 cm³/mol. The van der Waals surface area contributed by atoms with E-state index in [1.165, 1.54) is 18.2 Å². The molecule has 1 aliphatic rings. The van der Waals surface area contributed by atoms with Gasteiger partial charge in [-0.1, -0.05) is 6.07 Å². The van der Waals surface area contributed by atoms with Crippen molar-refractivity contribution in [3.63, 3.8) is 0 Å². The number of urea groups is 1. The fourth-order valence-corrected chi connectivity index (χ4v) is 3.37. The first kappa shape index (κ1) is 16.4. The van der Waals surface area contributed by atoms with Crippen molar-refractivity contribution in [2.45, 2.75) is 32.4 Å². The van der Waals surface area contributed by atoms with E-state index in [2.05, 4.69) is 15.6 Å². The summed E-state index contributed by atoms with van der Waals surface area (Å²) < 4.78 is 13.8. The summed E-state index contributed by atoms with van der Waals surface area (Å²) in [6.45, 7) is 2.05. The van der Waals surface area contributed by atoms with Gasteiger partial charge in [-0.05, 0) is 37.8 Å². The third-order valence-corrected chi connectivity index (χ3v) is 4.90. The molecule has 5 nitrogen and oxygen atoms in total. The van der Waals surface area contributed by atoms with Gasteiger partial charge in [-0.2, -0.15) is 5.26 Å². The molecular formula is C17H17FN4OS. The van der Waals surface area contributed by atoms with Gasteiger partial charge >= 0.3 is 6.03 Å². The average molecular weight is 344 g/mol. The summed E-state index contributed by atoms with van der Waals surface area (Å²) in [5, 5.41) is 15.3. The van der Waals surface area contributed by atoms with Crippen LogP contribution in [0.25, 0.3) is 0 Å². The Bertz CT molecular complexity index is 794. The van der Waals surface area contributed by atoms with E-state index in [4.69, 9.17) is 5.26 Å². The van der Waals surface area contributed by atoms with Gasteiger partial charge in [0.2, 0.25) is 0 Å². The molecule has 1 unspecified atom stereocenters. The summed E-state index contributed by atoms with van der Waals surface area (Å²) in [6.07, 6.45) is 3.96. The Morgan fingerprint density at radius 2 is 2.33 bits per heavy atom. The van der Waals surface area contributed by atoms with Crippen molar-refractivity contribution in [1.29, 1.82) is 5.26 Å². The summed E-state index contributed by atoms with van der Waals surface area (Å²) in [5.74, 6) is -0.0726. The van der Waals surface area contributed by atoms with Gasteiger partial charge in [-0.15, -0.1) is 11.3 Å². The van der Waals surface area contributed by atoms with Gasteiger partial charge in [-0.3, -0.25) is 0 Å². The monoisotopic (exact) mass is 344 g/mol. The third-order valence-electron chi connectivity index (χ3n) is 3.91. The largest absolute Gasteiger partial charge is 0.334 e. The lowest BCUT2D eigenvalue weighted by Crippen LogP contribution is -2.38. The van der Waals surface area contributed by atoms with E-state index >= 15 is 0 Å². The van der Waals surface area contributed by atoms with Gasteiger partial charge in [0, 0.05) is 23.2 Å². The standard InChI is InChI=1S/C17H17FN4OS/c1-10-8-20-16(24-10)15(12-4-5-12)22-17(23)21-9-13-3-2-11(7-19)6-14(13)18/h2-3,6,8,12,15H,4-5,9H2,1H3,(H2,21,22,23). The fraction of sp³-hybridized carbons (Fsp3) is 0.353. The molecule has 0 saturated heterocycles. The second kappa shape index (κ2) is 6.97. The van der Waals surface area contributed by atoms with Crippen molar-refractivity contribution in [1.82, 2.24) is 15.6 Å². The lowest BCUT2D eigenvalue weighted by Gasteiger charge is -2.16. The molecule has 1 aromatic carbocycles. The number of rotatable bonds is 5. The molecule has 2 aromatic rings. The number of amides is 2. The van der Waals surface area contributed by atoms with E-state index in [0.29, 0.717) is 11.5 Å². The van der Waals surface area contributed by atoms with Crippen molar-refractivity contribution in [3.05, 3.63) is 51.2 Å². The molecule has 1 fully saturated rings. The maximum atomic E-state index is 13.8. The molecule has 2 amide bonds. The van der Waals surface area contributed by atoms with Crippen molar-refractivity contribution >= 4 is 17.4 Å².